The summed E-state index contributed by atoms with van der Waals surface area (Å²) < 4.78 is 7.33. The van der Waals surface area contributed by atoms with Gasteiger partial charge in [0, 0.05) is 12.3 Å². The van der Waals surface area contributed by atoms with Crippen LogP contribution in [0.5, 0.6) is 5.75 Å². The fourth-order valence-corrected chi connectivity index (χ4v) is 2.88. The standard InChI is InChI=1S/C16H21N3O3S/c1-3-4-9-19-15(21)17-18-16(19)23-11-10-22-14-8-6-5-7-13(14)12(2)20/h5-8H,3-4,9-11H2,1-2H3,(H,17,21). The average molecular weight is 335 g/mol. The van der Waals surface area contributed by atoms with Gasteiger partial charge in [-0.05, 0) is 25.5 Å². The summed E-state index contributed by atoms with van der Waals surface area (Å²) in [6, 6.07) is 7.19. The van der Waals surface area contributed by atoms with E-state index in [4.69, 9.17) is 4.74 Å². The fraction of sp³-hybridized carbons (Fsp3) is 0.438. The van der Waals surface area contributed by atoms with E-state index in [0.29, 0.717) is 35.4 Å². The Morgan fingerprint density at radius 3 is 2.91 bits per heavy atom. The third-order valence-electron chi connectivity index (χ3n) is 3.30. The van der Waals surface area contributed by atoms with Crippen molar-refractivity contribution in [3.63, 3.8) is 0 Å². The number of ether oxygens (including phenoxy) is 1. The van der Waals surface area contributed by atoms with Gasteiger partial charge in [0.15, 0.2) is 10.9 Å². The van der Waals surface area contributed by atoms with E-state index in [9.17, 15) is 9.59 Å². The van der Waals surface area contributed by atoms with Crippen molar-refractivity contribution >= 4 is 17.5 Å². The minimum absolute atomic E-state index is 0.0195. The van der Waals surface area contributed by atoms with Crippen LogP contribution in [-0.2, 0) is 6.54 Å². The van der Waals surface area contributed by atoms with Crippen LogP contribution in [0.4, 0.5) is 0 Å². The summed E-state index contributed by atoms with van der Waals surface area (Å²) in [5, 5.41) is 7.19. The molecule has 0 saturated heterocycles. The number of hydrogen-bond donors (Lipinski definition) is 1. The average Bonchev–Trinajstić information content (AvgIpc) is 2.90. The Kier molecular flexibility index (Phi) is 6.46. The molecule has 0 aliphatic heterocycles. The molecule has 0 bridgehead atoms. The monoisotopic (exact) mass is 335 g/mol. The van der Waals surface area contributed by atoms with E-state index in [2.05, 4.69) is 17.1 Å². The van der Waals surface area contributed by atoms with Gasteiger partial charge in [0.05, 0.1) is 12.2 Å². The maximum absolute atomic E-state index is 11.7. The molecule has 0 amide bonds. The molecular formula is C16H21N3O3S. The molecule has 0 saturated carbocycles. The molecule has 1 aromatic heterocycles. The second-order valence-corrected chi connectivity index (χ2v) is 6.13. The maximum atomic E-state index is 11.7. The summed E-state index contributed by atoms with van der Waals surface area (Å²) in [6.07, 6.45) is 1.96. The highest BCUT2D eigenvalue weighted by Gasteiger charge is 2.10. The molecule has 6 nitrogen and oxygen atoms in total. The van der Waals surface area contributed by atoms with Crippen molar-refractivity contribution in [3.05, 3.63) is 40.3 Å². The first-order chi connectivity index (χ1) is 11.1. The number of H-pyrrole nitrogens is 1. The zero-order valence-corrected chi connectivity index (χ0v) is 14.2. The van der Waals surface area contributed by atoms with Crippen LogP contribution in [0.2, 0.25) is 0 Å². The molecule has 1 heterocycles. The fourth-order valence-electron chi connectivity index (χ4n) is 2.09. The highest BCUT2D eigenvalue weighted by molar-refractivity contribution is 7.99. The number of aromatic amines is 1. The topological polar surface area (TPSA) is 77.0 Å². The van der Waals surface area contributed by atoms with Gasteiger partial charge >= 0.3 is 5.69 Å². The molecule has 0 fully saturated rings. The summed E-state index contributed by atoms with van der Waals surface area (Å²) in [7, 11) is 0. The van der Waals surface area contributed by atoms with Crippen molar-refractivity contribution in [1.82, 2.24) is 14.8 Å². The zero-order valence-electron chi connectivity index (χ0n) is 13.4. The number of aromatic nitrogens is 3. The van der Waals surface area contributed by atoms with Crippen LogP contribution in [0, 0.1) is 0 Å². The number of nitrogens with one attached hydrogen (secondary N) is 1. The largest absolute Gasteiger partial charge is 0.492 e. The van der Waals surface area contributed by atoms with E-state index in [-0.39, 0.29) is 11.5 Å². The number of para-hydroxylation sites is 1. The molecule has 0 unspecified atom stereocenters. The molecule has 2 aromatic rings. The Morgan fingerprint density at radius 1 is 1.39 bits per heavy atom. The van der Waals surface area contributed by atoms with E-state index in [1.54, 1.807) is 16.7 Å². The smallest absolute Gasteiger partial charge is 0.343 e. The third-order valence-corrected chi connectivity index (χ3v) is 4.24. The molecule has 7 heteroatoms. The summed E-state index contributed by atoms with van der Waals surface area (Å²) in [4.78, 5) is 23.2. The summed E-state index contributed by atoms with van der Waals surface area (Å²) >= 11 is 1.46. The lowest BCUT2D eigenvalue weighted by atomic mass is 10.1. The number of rotatable bonds is 9. The van der Waals surface area contributed by atoms with Crippen LogP contribution in [0.25, 0.3) is 0 Å². The Bertz CT molecular complexity index is 709. The normalized spacial score (nSPS) is 10.7. The highest BCUT2D eigenvalue weighted by Crippen LogP contribution is 2.19. The van der Waals surface area contributed by atoms with Crippen LogP contribution in [0.3, 0.4) is 0 Å². The predicted octanol–water partition coefficient (Wildman–Crippen LogP) is 2.75. The molecule has 1 aromatic carbocycles. The molecule has 1 N–H and O–H groups in total. The van der Waals surface area contributed by atoms with Gasteiger partial charge < -0.3 is 4.74 Å². The van der Waals surface area contributed by atoms with Gasteiger partial charge in [-0.1, -0.05) is 37.2 Å². The Morgan fingerprint density at radius 2 is 2.17 bits per heavy atom. The minimum Gasteiger partial charge on any atom is -0.492 e. The first-order valence-electron chi connectivity index (χ1n) is 7.64. The molecule has 124 valence electrons. The number of carbonyl (C=O) groups is 1. The Balaban J connectivity index is 1.89. The molecular weight excluding hydrogens is 314 g/mol. The van der Waals surface area contributed by atoms with Crippen LogP contribution in [0.15, 0.2) is 34.2 Å². The third kappa shape index (κ3) is 4.72. The molecule has 0 aliphatic carbocycles. The van der Waals surface area contributed by atoms with Gasteiger partial charge in [0.1, 0.15) is 5.75 Å². The van der Waals surface area contributed by atoms with Crippen LogP contribution >= 0.6 is 11.8 Å². The summed E-state index contributed by atoms with van der Waals surface area (Å²) in [5.74, 6) is 1.21. The first kappa shape index (κ1) is 17.3. The van der Waals surface area contributed by atoms with Crippen molar-refractivity contribution in [2.75, 3.05) is 12.4 Å². The van der Waals surface area contributed by atoms with E-state index < -0.39 is 0 Å². The van der Waals surface area contributed by atoms with E-state index in [1.165, 1.54) is 18.7 Å². The lowest BCUT2D eigenvalue weighted by Crippen LogP contribution is -2.17. The van der Waals surface area contributed by atoms with E-state index >= 15 is 0 Å². The number of benzene rings is 1. The second kappa shape index (κ2) is 8.57. The zero-order chi connectivity index (χ0) is 16.7. The molecule has 0 aliphatic rings. The van der Waals surface area contributed by atoms with Gasteiger partial charge in [-0.3, -0.25) is 9.36 Å². The number of carbonyl (C=O) groups excluding carboxylic acids is 1. The van der Waals surface area contributed by atoms with Crippen LogP contribution in [0.1, 0.15) is 37.0 Å². The van der Waals surface area contributed by atoms with Gasteiger partial charge in [-0.25, -0.2) is 9.89 Å². The number of hydrogen-bond acceptors (Lipinski definition) is 5. The SMILES string of the molecule is CCCCn1c(SCCOc2ccccc2C(C)=O)n[nH]c1=O. The number of unbranched alkanes of at least 4 members (excludes halogenated alkanes) is 1. The number of ketones is 1. The summed E-state index contributed by atoms with van der Waals surface area (Å²) in [5.41, 5.74) is 0.404. The minimum atomic E-state index is -0.177. The molecule has 0 spiro atoms. The maximum Gasteiger partial charge on any atom is 0.343 e. The number of Topliss-reactive ketones (excluding diaryl/α,β-unsaturated/α-hetero) is 1. The molecule has 2 rings (SSSR count). The van der Waals surface area contributed by atoms with Gasteiger partial charge in [-0.15, -0.1) is 5.10 Å². The number of nitrogens with zero attached hydrogens (tertiary/aromatic N) is 2. The van der Waals surface area contributed by atoms with Crippen molar-refractivity contribution in [3.8, 4) is 5.75 Å². The van der Waals surface area contributed by atoms with Crippen LogP contribution < -0.4 is 10.4 Å². The lowest BCUT2D eigenvalue weighted by Gasteiger charge is -2.09. The van der Waals surface area contributed by atoms with Crippen molar-refractivity contribution in [1.29, 1.82) is 0 Å². The molecule has 0 atom stereocenters. The predicted molar refractivity (Wildman–Crippen MR) is 90.4 cm³/mol. The van der Waals surface area contributed by atoms with Gasteiger partial charge in [0.2, 0.25) is 0 Å². The van der Waals surface area contributed by atoms with Crippen molar-refractivity contribution in [2.45, 2.75) is 38.4 Å². The lowest BCUT2D eigenvalue weighted by molar-refractivity contribution is 0.101. The highest BCUT2D eigenvalue weighted by atomic mass is 32.2. The molecule has 23 heavy (non-hydrogen) atoms. The van der Waals surface area contributed by atoms with Crippen LogP contribution in [-0.4, -0.2) is 32.9 Å². The number of thioether (sulfide) groups is 1. The van der Waals surface area contributed by atoms with E-state index in [0.717, 1.165) is 12.8 Å². The van der Waals surface area contributed by atoms with Gasteiger partial charge in [-0.2, -0.15) is 0 Å². The van der Waals surface area contributed by atoms with Gasteiger partial charge in [0.25, 0.3) is 0 Å². The van der Waals surface area contributed by atoms with E-state index in [1.807, 2.05) is 12.1 Å². The van der Waals surface area contributed by atoms with Crippen molar-refractivity contribution < 1.29 is 9.53 Å². The second-order valence-electron chi connectivity index (χ2n) is 5.07. The summed E-state index contributed by atoms with van der Waals surface area (Å²) in [6.45, 7) is 4.71. The molecule has 0 radical (unpaired) electrons. The van der Waals surface area contributed by atoms with Crippen molar-refractivity contribution in [2.24, 2.45) is 0 Å². The Hall–Kier alpha value is -2.02. The Labute approximate surface area is 139 Å². The first-order valence-corrected chi connectivity index (χ1v) is 8.62. The quantitative estimate of drug-likeness (QED) is 0.433.